The van der Waals surface area contributed by atoms with Crippen LogP contribution >= 0.6 is 7.82 Å². The summed E-state index contributed by atoms with van der Waals surface area (Å²) in [5.74, 6) is -0.187. The van der Waals surface area contributed by atoms with Gasteiger partial charge in [0.05, 0.1) is 39.9 Å². The third-order valence-electron chi connectivity index (χ3n) is 12.8. The third kappa shape index (κ3) is 50.6. The maximum atomic E-state index is 12.9. The molecule has 0 spiro atoms. The van der Waals surface area contributed by atoms with Crippen LogP contribution in [0.1, 0.15) is 271 Å². The molecule has 0 aromatic carbocycles. The maximum absolute atomic E-state index is 12.9. The number of nitrogens with zero attached hydrogens (tertiary/aromatic N) is 1. The number of nitrogens with one attached hydrogen (secondary N) is 1. The number of hydrogen-bond acceptors (Lipinski definition) is 5. The van der Waals surface area contributed by atoms with Gasteiger partial charge in [-0.2, -0.15) is 0 Å². The third-order valence-corrected chi connectivity index (χ3v) is 13.8. The number of rotatable bonds is 52. The Bertz CT molecular complexity index is 1170. The van der Waals surface area contributed by atoms with Crippen molar-refractivity contribution in [2.45, 2.75) is 283 Å². The number of phosphoric acid groups is 1. The van der Waals surface area contributed by atoms with E-state index in [2.05, 4.69) is 43.5 Å². The van der Waals surface area contributed by atoms with Gasteiger partial charge < -0.3 is 19.8 Å². The Balaban J connectivity index is 4.25. The van der Waals surface area contributed by atoms with E-state index in [9.17, 15) is 19.4 Å². The van der Waals surface area contributed by atoms with Crippen molar-refractivity contribution in [2.75, 3.05) is 40.9 Å². The number of hydrogen-bond donors (Lipinski definition) is 3. The van der Waals surface area contributed by atoms with Gasteiger partial charge in [-0.1, -0.05) is 256 Å². The summed E-state index contributed by atoms with van der Waals surface area (Å²) in [5, 5.41) is 13.9. The van der Waals surface area contributed by atoms with E-state index in [1.165, 1.54) is 205 Å². The first-order chi connectivity index (χ1) is 32.0. The fourth-order valence-corrected chi connectivity index (χ4v) is 9.11. The lowest BCUT2D eigenvalue weighted by Crippen LogP contribution is -2.45. The van der Waals surface area contributed by atoms with Gasteiger partial charge in [0.15, 0.2) is 0 Å². The highest BCUT2D eigenvalue weighted by Gasteiger charge is 2.27. The average Bonchev–Trinajstić information content (AvgIpc) is 3.28. The van der Waals surface area contributed by atoms with E-state index in [4.69, 9.17) is 9.05 Å². The Morgan fingerprint density at radius 1 is 0.500 bits per heavy atom. The molecule has 66 heavy (non-hydrogen) atoms. The maximum Gasteiger partial charge on any atom is 0.472 e. The minimum Gasteiger partial charge on any atom is -0.387 e. The zero-order valence-corrected chi connectivity index (χ0v) is 45.3. The number of likely N-dealkylation sites (N-methyl/N-ethyl adjacent to an activating group) is 1. The van der Waals surface area contributed by atoms with Gasteiger partial charge in [-0.15, -0.1) is 0 Å². The number of carbonyl (C=O) groups is 1. The van der Waals surface area contributed by atoms with Crippen molar-refractivity contribution >= 4 is 13.7 Å². The zero-order valence-electron chi connectivity index (χ0n) is 44.4. The number of aliphatic hydroxyl groups excluding tert-OH is 1. The van der Waals surface area contributed by atoms with Crippen molar-refractivity contribution in [2.24, 2.45) is 0 Å². The molecule has 0 aliphatic carbocycles. The van der Waals surface area contributed by atoms with E-state index < -0.39 is 20.0 Å². The largest absolute Gasteiger partial charge is 0.472 e. The van der Waals surface area contributed by atoms with Crippen molar-refractivity contribution in [3.63, 3.8) is 0 Å². The molecule has 0 bridgehead atoms. The van der Waals surface area contributed by atoms with Crippen LogP contribution in [0, 0.1) is 0 Å². The Labute approximate surface area is 410 Å². The van der Waals surface area contributed by atoms with Crippen molar-refractivity contribution in [1.29, 1.82) is 0 Å². The van der Waals surface area contributed by atoms with E-state index in [1.54, 1.807) is 6.08 Å². The molecule has 8 nitrogen and oxygen atoms in total. The molecule has 0 saturated carbocycles. The Morgan fingerprint density at radius 3 is 1.21 bits per heavy atom. The molecule has 0 fully saturated rings. The highest BCUT2D eigenvalue weighted by molar-refractivity contribution is 7.47. The smallest absolute Gasteiger partial charge is 0.387 e. The summed E-state index contributed by atoms with van der Waals surface area (Å²) in [6.45, 7) is 4.82. The van der Waals surface area contributed by atoms with Gasteiger partial charge >= 0.3 is 7.82 Å². The molecular weight excluding hydrogens is 840 g/mol. The molecule has 0 aromatic rings. The predicted molar refractivity (Wildman–Crippen MR) is 286 cm³/mol. The second-order valence-electron chi connectivity index (χ2n) is 20.7. The van der Waals surface area contributed by atoms with Crippen molar-refractivity contribution in [3.8, 4) is 0 Å². The lowest BCUT2D eigenvalue weighted by Gasteiger charge is -2.25. The highest BCUT2D eigenvalue weighted by atomic mass is 31.2. The number of phosphoric ester groups is 1. The predicted octanol–water partition coefficient (Wildman–Crippen LogP) is 17.0. The van der Waals surface area contributed by atoms with Crippen LogP contribution in [-0.4, -0.2) is 73.4 Å². The number of carbonyl (C=O) groups excluding carboxylic acids is 1. The molecule has 0 heterocycles. The summed E-state index contributed by atoms with van der Waals surface area (Å²) < 4.78 is 23.7. The summed E-state index contributed by atoms with van der Waals surface area (Å²) in [6.07, 6.45) is 62.5. The Hall–Kier alpha value is -1.28. The Morgan fingerprint density at radius 2 is 0.833 bits per heavy atom. The van der Waals surface area contributed by atoms with Gasteiger partial charge in [-0.25, -0.2) is 4.57 Å². The summed E-state index contributed by atoms with van der Waals surface area (Å²) in [6, 6.07) is -0.867. The van der Waals surface area contributed by atoms with E-state index in [-0.39, 0.29) is 19.1 Å². The van der Waals surface area contributed by atoms with E-state index in [1.807, 2.05) is 27.2 Å². The number of unbranched alkanes of at least 4 members (excludes halogenated alkanes) is 35. The monoisotopic (exact) mass is 952 g/mol. The van der Waals surface area contributed by atoms with Crippen molar-refractivity contribution < 1.29 is 32.9 Å². The molecule has 3 atom stereocenters. The molecule has 0 rings (SSSR count). The van der Waals surface area contributed by atoms with Crippen LogP contribution in [0.25, 0.3) is 0 Å². The van der Waals surface area contributed by atoms with Crippen molar-refractivity contribution in [1.82, 2.24) is 5.32 Å². The van der Waals surface area contributed by atoms with Gasteiger partial charge in [0.2, 0.25) is 5.91 Å². The lowest BCUT2D eigenvalue weighted by atomic mass is 10.0. The van der Waals surface area contributed by atoms with Gasteiger partial charge in [-0.3, -0.25) is 13.8 Å². The fraction of sp³-hybridized carbons (Fsp3) is 0.877. The molecule has 9 heteroatoms. The zero-order chi connectivity index (χ0) is 48.5. The minimum atomic E-state index is -4.35. The summed E-state index contributed by atoms with van der Waals surface area (Å²) >= 11 is 0. The van der Waals surface area contributed by atoms with E-state index in [0.717, 1.165) is 44.9 Å². The highest BCUT2D eigenvalue weighted by Crippen LogP contribution is 2.43. The molecule has 3 N–H and O–H groups in total. The second-order valence-corrected chi connectivity index (χ2v) is 22.1. The quantitative estimate of drug-likeness (QED) is 0.0243. The molecule has 390 valence electrons. The first kappa shape index (κ1) is 64.7. The average molecular weight is 953 g/mol. The summed E-state index contributed by atoms with van der Waals surface area (Å²) in [7, 11) is 1.56. The SMILES string of the molecule is CCCCCCCCCCCCCCCCCCCC/C=C/CC/C=C/CC/C=C/C(O)C(COP(=O)(O)OCC[N+](C)(C)C)NC(=O)CCCCCCCCCCCCCCCCCC. The summed E-state index contributed by atoms with van der Waals surface area (Å²) in [5.41, 5.74) is 0. The van der Waals surface area contributed by atoms with Crippen LogP contribution in [0.4, 0.5) is 0 Å². The van der Waals surface area contributed by atoms with Gasteiger partial charge in [0.1, 0.15) is 13.2 Å². The summed E-state index contributed by atoms with van der Waals surface area (Å²) in [4.78, 5) is 23.2. The van der Waals surface area contributed by atoms with Crippen LogP contribution in [0.2, 0.25) is 0 Å². The molecule has 3 unspecified atom stereocenters. The first-order valence-corrected chi connectivity index (χ1v) is 29.9. The van der Waals surface area contributed by atoms with Crippen LogP contribution in [-0.2, 0) is 18.4 Å². The number of aliphatic hydroxyl groups is 1. The topological polar surface area (TPSA) is 105 Å². The minimum absolute atomic E-state index is 0.0550. The molecule has 1 amide bonds. The molecule has 0 saturated heterocycles. The lowest BCUT2D eigenvalue weighted by molar-refractivity contribution is -0.870. The molecule has 0 aliphatic heterocycles. The van der Waals surface area contributed by atoms with Crippen LogP contribution in [0.15, 0.2) is 36.5 Å². The van der Waals surface area contributed by atoms with E-state index in [0.29, 0.717) is 17.4 Å². The first-order valence-electron chi connectivity index (χ1n) is 28.4. The van der Waals surface area contributed by atoms with Crippen LogP contribution < -0.4 is 5.32 Å². The molecule has 0 aromatic heterocycles. The fourth-order valence-electron chi connectivity index (χ4n) is 8.37. The molecule has 0 radical (unpaired) electrons. The van der Waals surface area contributed by atoms with Gasteiger partial charge in [0.25, 0.3) is 0 Å². The van der Waals surface area contributed by atoms with Gasteiger partial charge in [-0.05, 0) is 44.9 Å². The number of amides is 1. The second kappa shape index (κ2) is 48.7. The van der Waals surface area contributed by atoms with Crippen LogP contribution in [0.3, 0.4) is 0 Å². The number of quaternary nitrogens is 1. The van der Waals surface area contributed by atoms with Crippen molar-refractivity contribution in [3.05, 3.63) is 36.5 Å². The van der Waals surface area contributed by atoms with E-state index >= 15 is 0 Å². The standard InChI is InChI=1S/C57H111N2O6P/c1-6-8-10-12-14-16-18-20-22-24-25-26-27-28-29-30-31-32-33-34-35-36-38-40-42-44-46-48-50-56(60)55(54-65-66(62,63)64-53-52-59(3,4)5)58-57(61)51-49-47-45-43-41-39-37-23-21-19-17-15-13-11-9-7-2/h34-35,40,42,48,50,55-56,60H,6-33,36-39,41,43-47,49,51-54H2,1-5H3,(H-,58,61,62,63)/p+1/b35-34+,42-40+,50-48+. The Kier molecular flexibility index (Phi) is 47.8. The van der Waals surface area contributed by atoms with Crippen LogP contribution in [0.5, 0.6) is 0 Å². The molecule has 0 aliphatic rings. The molecular formula is C57H112N2O6P+. The number of allylic oxidation sites excluding steroid dienone is 5. The normalized spacial score (nSPS) is 14.2. The van der Waals surface area contributed by atoms with Gasteiger partial charge in [0, 0.05) is 6.42 Å².